The number of halogens is 3. The molecule has 0 spiro atoms. The lowest BCUT2D eigenvalue weighted by Crippen LogP contribution is -2.09. The van der Waals surface area contributed by atoms with Gasteiger partial charge in [0, 0.05) is 12.5 Å². The molecule has 0 saturated carbocycles. The predicted molar refractivity (Wildman–Crippen MR) is 102 cm³/mol. The maximum atomic E-state index is 13.1. The summed E-state index contributed by atoms with van der Waals surface area (Å²) in [5.74, 6) is 1.94. The average molecular weight is 392 g/mol. The highest BCUT2D eigenvalue weighted by Gasteiger charge is 2.31. The topological polar surface area (TPSA) is 36.3 Å². The number of alkyl halides is 3. The number of hydrogen-bond acceptors (Lipinski definition) is 3. The molecule has 1 heterocycles. The van der Waals surface area contributed by atoms with Crippen molar-refractivity contribution in [2.24, 2.45) is 0 Å². The van der Waals surface area contributed by atoms with Gasteiger partial charge in [-0.05, 0) is 49.2 Å². The number of ether oxygens (including phenoxy) is 2. The Balaban J connectivity index is 2.09. The van der Waals surface area contributed by atoms with E-state index in [2.05, 4.69) is 4.98 Å². The van der Waals surface area contributed by atoms with E-state index < -0.39 is 11.7 Å². The van der Waals surface area contributed by atoms with Crippen LogP contribution in [0.5, 0.6) is 11.5 Å². The molecule has 0 fully saturated rings. The van der Waals surface area contributed by atoms with E-state index in [-0.39, 0.29) is 6.04 Å². The van der Waals surface area contributed by atoms with Crippen LogP contribution >= 0.6 is 0 Å². The molecule has 150 valence electrons. The van der Waals surface area contributed by atoms with Crippen molar-refractivity contribution >= 4 is 11.0 Å². The summed E-state index contributed by atoms with van der Waals surface area (Å²) in [7, 11) is 3.13. The molecule has 4 nitrogen and oxygen atoms in total. The maximum absolute atomic E-state index is 13.1. The van der Waals surface area contributed by atoms with Crippen molar-refractivity contribution in [3.63, 3.8) is 0 Å². The molecule has 3 rings (SSSR count). The largest absolute Gasteiger partial charge is 0.493 e. The van der Waals surface area contributed by atoms with Gasteiger partial charge in [-0.25, -0.2) is 4.98 Å². The van der Waals surface area contributed by atoms with Gasteiger partial charge in [-0.15, -0.1) is 0 Å². The molecular weight excluding hydrogens is 369 g/mol. The molecule has 0 aliphatic heterocycles. The Morgan fingerprint density at radius 3 is 2.36 bits per heavy atom. The summed E-state index contributed by atoms with van der Waals surface area (Å²) in [5, 5.41) is 0. The Kier molecular flexibility index (Phi) is 5.54. The van der Waals surface area contributed by atoms with Crippen molar-refractivity contribution in [3.05, 3.63) is 53.3 Å². The molecule has 0 amide bonds. The fourth-order valence-corrected chi connectivity index (χ4v) is 3.30. The molecule has 7 heteroatoms. The van der Waals surface area contributed by atoms with Crippen molar-refractivity contribution in [2.45, 2.75) is 38.9 Å². The summed E-state index contributed by atoms with van der Waals surface area (Å²) < 4.78 is 51.9. The van der Waals surface area contributed by atoms with E-state index in [0.717, 1.165) is 29.9 Å². The van der Waals surface area contributed by atoms with E-state index in [9.17, 15) is 13.2 Å². The van der Waals surface area contributed by atoms with E-state index in [4.69, 9.17) is 9.47 Å². The van der Waals surface area contributed by atoms with Crippen LogP contribution in [0.15, 0.2) is 36.4 Å². The fraction of sp³-hybridized carbons (Fsp3) is 0.381. The van der Waals surface area contributed by atoms with Crippen LogP contribution in [0.3, 0.4) is 0 Å². The van der Waals surface area contributed by atoms with E-state index in [1.54, 1.807) is 14.2 Å². The molecule has 1 atom stereocenters. The summed E-state index contributed by atoms with van der Waals surface area (Å²) in [6, 6.07) is 9.43. The third-order valence-corrected chi connectivity index (χ3v) is 4.93. The fourth-order valence-electron chi connectivity index (χ4n) is 3.30. The molecule has 1 aromatic heterocycles. The van der Waals surface area contributed by atoms with Crippen molar-refractivity contribution in [3.8, 4) is 11.5 Å². The zero-order chi connectivity index (χ0) is 20.5. The van der Waals surface area contributed by atoms with Gasteiger partial charge in [-0.2, -0.15) is 13.2 Å². The van der Waals surface area contributed by atoms with Gasteiger partial charge in [0.2, 0.25) is 0 Å². The average Bonchev–Trinajstić information content (AvgIpc) is 3.03. The van der Waals surface area contributed by atoms with Crippen molar-refractivity contribution in [1.29, 1.82) is 0 Å². The lowest BCUT2D eigenvalue weighted by Gasteiger charge is -2.17. The second kappa shape index (κ2) is 7.73. The van der Waals surface area contributed by atoms with Crippen molar-refractivity contribution < 1.29 is 22.6 Å². The first-order chi connectivity index (χ1) is 13.3. The Morgan fingerprint density at radius 1 is 1.04 bits per heavy atom. The third-order valence-electron chi connectivity index (χ3n) is 4.93. The molecule has 0 aliphatic carbocycles. The van der Waals surface area contributed by atoms with Gasteiger partial charge in [-0.3, -0.25) is 0 Å². The van der Waals surface area contributed by atoms with E-state index in [0.29, 0.717) is 29.0 Å². The first-order valence-corrected chi connectivity index (χ1v) is 9.07. The SMILES string of the molecule is CCC(C)n1c(Cc2ccc(OC)c(OC)c2)nc2cc(C(F)(F)F)ccc21. The van der Waals surface area contributed by atoms with Gasteiger partial charge in [-0.1, -0.05) is 13.0 Å². The number of aromatic nitrogens is 2. The van der Waals surface area contributed by atoms with Gasteiger partial charge in [0.1, 0.15) is 5.82 Å². The zero-order valence-electron chi connectivity index (χ0n) is 16.3. The van der Waals surface area contributed by atoms with Crippen LogP contribution in [0.2, 0.25) is 0 Å². The number of fused-ring (bicyclic) bond motifs is 1. The molecule has 0 radical (unpaired) electrons. The Bertz CT molecular complexity index is 980. The standard InChI is InChI=1S/C21H23F3N2O2/c1-5-13(2)26-17-8-7-15(21(22,23)24)12-16(17)25-20(26)11-14-6-9-18(27-3)19(10-14)28-4/h6-10,12-13H,5,11H2,1-4H3. The number of imidazole rings is 1. The normalized spacial score (nSPS) is 13.0. The summed E-state index contributed by atoms with van der Waals surface area (Å²) >= 11 is 0. The molecule has 0 aliphatic rings. The minimum atomic E-state index is -4.39. The molecule has 0 saturated heterocycles. The van der Waals surface area contributed by atoms with Crippen LogP contribution in [0.4, 0.5) is 13.2 Å². The second-order valence-electron chi connectivity index (χ2n) is 6.72. The van der Waals surface area contributed by atoms with Crippen molar-refractivity contribution in [2.75, 3.05) is 14.2 Å². The molecule has 0 bridgehead atoms. The van der Waals surface area contributed by atoms with Crippen LogP contribution in [-0.4, -0.2) is 23.8 Å². The summed E-state index contributed by atoms with van der Waals surface area (Å²) in [6.07, 6.45) is -3.08. The van der Waals surface area contributed by atoms with E-state index in [1.165, 1.54) is 6.07 Å². The number of nitrogens with zero attached hydrogens (tertiary/aromatic N) is 2. The predicted octanol–water partition coefficient (Wildman–Crippen LogP) is 5.63. The van der Waals surface area contributed by atoms with Gasteiger partial charge < -0.3 is 14.0 Å². The second-order valence-corrected chi connectivity index (χ2v) is 6.72. The quantitative estimate of drug-likeness (QED) is 0.545. The van der Waals surface area contributed by atoms with Crippen LogP contribution in [0.1, 0.15) is 43.3 Å². The molecule has 1 unspecified atom stereocenters. The van der Waals surface area contributed by atoms with Gasteiger partial charge in [0.25, 0.3) is 0 Å². The summed E-state index contributed by atoms with van der Waals surface area (Å²) in [6.45, 7) is 4.08. The number of benzene rings is 2. The smallest absolute Gasteiger partial charge is 0.416 e. The lowest BCUT2D eigenvalue weighted by atomic mass is 10.1. The Labute approximate surface area is 161 Å². The highest BCUT2D eigenvalue weighted by Crippen LogP contribution is 2.34. The van der Waals surface area contributed by atoms with Crippen molar-refractivity contribution in [1.82, 2.24) is 9.55 Å². The zero-order valence-corrected chi connectivity index (χ0v) is 16.3. The lowest BCUT2D eigenvalue weighted by molar-refractivity contribution is -0.137. The Hall–Kier alpha value is -2.70. The van der Waals surface area contributed by atoms with E-state index >= 15 is 0 Å². The number of rotatable bonds is 6. The summed E-state index contributed by atoms with van der Waals surface area (Å²) in [5.41, 5.74) is 1.31. The minimum Gasteiger partial charge on any atom is -0.493 e. The van der Waals surface area contributed by atoms with Gasteiger partial charge >= 0.3 is 6.18 Å². The number of methoxy groups -OCH3 is 2. The third kappa shape index (κ3) is 3.79. The van der Waals surface area contributed by atoms with E-state index in [1.807, 2.05) is 36.6 Å². The Morgan fingerprint density at radius 2 is 1.75 bits per heavy atom. The first-order valence-electron chi connectivity index (χ1n) is 9.07. The number of hydrogen-bond donors (Lipinski definition) is 0. The van der Waals surface area contributed by atoms with Crippen LogP contribution in [0, 0.1) is 0 Å². The molecule has 28 heavy (non-hydrogen) atoms. The molecule has 2 aromatic carbocycles. The summed E-state index contributed by atoms with van der Waals surface area (Å²) in [4.78, 5) is 4.54. The maximum Gasteiger partial charge on any atom is 0.416 e. The van der Waals surface area contributed by atoms with Gasteiger partial charge in [0.05, 0.1) is 30.8 Å². The highest BCUT2D eigenvalue weighted by atomic mass is 19.4. The highest BCUT2D eigenvalue weighted by molar-refractivity contribution is 5.77. The molecule has 3 aromatic rings. The molecular formula is C21H23F3N2O2. The monoisotopic (exact) mass is 392 g/mol. The van der Waals surface area contributed by atoms with Crippen LogP contribution in [0.25, 0.3) is 11.0 Å². The minimum absolute atomic E-state index is 0.108. The van der Waals surface area contributed by atoms with Crippen LogP contribution < -0.4 is 9.47 Å². The van der Waals surface area contributed by atoms with Gasteiger partial charge in [0.15, 0.2) is 11.5 Å². The molecule has 0 N–H and O–H groups in total. The first kappa shape index (κ1) is 20.0. The van der Waals surface area contributed by atoms with Crippen LogP contribution in [-0.2, 0) is 12.6 Å².